The van der Waals surface area contributed by atoms with Gasteiger partial charge in [0.2, 0.25) is 15.9 Å². The van der Waals surface area contributed by atoms with Crippen LogP contribution in [0.5, 0.6) is 0 Å². The predicted octanol–water partition coefficient (Wildman–Crippen LogP) is 4.18. The highest BCUT2D eigenvalue weighted by atomic mass is 32.2. The summed E-state index contributed by atoms with van der Waals surface area (Å²) in [6.07, 6.45) is 6.62. The zero-order valence-corrected chi connectivity index (χ0v) is 18.4. The lowest BCUT2D eigenvalue weighted by Gasteiger charge is -2.26. The van der Waals surface area contributed by atoms with Gasteiger partial charge in [0, 0.05) is 19.5 Å². The van der Waals surface area contributed by atoms with E-state index in [0.29, 0.717) is 31.8 Å². The number of rotatable bonds is 12. The first-order valence-corrected chi connectivity index (χ1v) is 11.9. The van der Waals surface area contributed by atoms with Crippen LogP contribution in [0.3, 0.4) is 0 Å². The molecule has 1 rings (SSSR count). The molecule has 1 atom stereocenters. The van der Waals surface area contributed by atoms with E-state index in [1.807, 2.05) is 32.0 Å². The largest absolute Gasteiger partial charge is 0.356 e. The van der Waals surface area contributed by atoms with Crippen LogP contribution in [0.4, 0.5) is 5.69 Å². The van der Waals surface area contributed by atoms with Crippen molar-refractivity contribution in [1.29, 1.82) is 0 Å². The highest BCUT2D eigenvalue weighted by Gasteiger charge is 2.21. The Hall–Kier alpha value is -1.56. The molecule has 27 heavy (non-hydrogen) atoms. The zero-order valence-electron chi connectivity index (χ0n) is 17.5. The molecule has 0 heterocycles. The fourth-order valence-corrected chi connectivity index (χ4v) is 4.40. The molecule has 1 aromatic rings. The standard InChI is InChI=1S/C21H36N2O3S/c1-6-8-13-19(7-2)16-22-20(24)14-10-15-23(27(5,25)26)21-17(3)11-9-12-18(21)4/h9,11-12,19H,6-8,10,13-16H2,1-5H3,(H,22,24). The average molecular weight is 397 g/mol. The number of hydrogen-bond donors (Lipinski definition) is 1. The number of unbranched alkanes of at least 4 members (excludes halogenated alkanes) is 1. The van der Waals surface area contributed by atoms with Gasteiger partial charge in [0.1, 0.15) is 0 Å². The van der Waals surface area contributed by atoms with Crippen molar-refractivity contribution in [3.05, 3.63) is 29.3 Å². The Labute approximate surface area is 165 Å². The molecule has 1 unspecified atom stereocenters. The molecule has 0 bridgehead atoms. The van der Waals surface area contributed by atoms with Crippen LogP contribution >= 0.6 is 0 Å². The van der Waals surface area contributed by atoms with Gasteiger partial charge >= 0.3 is 0 Å². The molecular weight excluding hydrogens is 360 g/mol. The molecule has 0 radical (unpaired) electrons. The van der Waals surface area contributed by atoms with Gasteiger partial charge in [-0.3, -0.25) is 9.10 Å². The Bertz CT molecular complexity index is 681. The van der Waals surface area contributed by atoms with Crippen molar-refractivity contribution in [2.45, 2.75) is 66.2 Å². The van der Waals surface area contributed by atoms with E-state index in [0.717, 1.165) is 29.7 Å². The fourth-order valence-electron chi connectivity index (χ4n) is 3.32. The van der Waals surface area contributed by atoms with Crippen LogP contribution in [0.1, 0.15) is 63.5 Å². The summed E-state index contributed by atoms with van der Waals surface area (Å²) < 4.78 is 26.0. The van der Waals surface area contributed by atoms with Crippen molar-refractivity contribution in [1.82, 2.24) is 5.32 Å². The molecule has 0 aromatic heterocycles. The number of carbonyl (C=O) groups is 1. The topological polar surface area (TPSA) is 66.5 Å². The normalized spacial score (nSPS) is 12.6. The minimum absolute atomic E-state index is 0.0000879. The number of nitrogens with one attached hydrogen (secondary N) is 1. The van der Waals surface area contributed by atoms with E-state index in [-0.39, 0.29) is 5.91 Å². The lowest BCUT2D eigenvalue weighted by molar-refractivity contribution is -0.121. The number of para-hydroxylation sites is 1. The monoisotopic (exact) mass is 396 g/mol. The molecule has 1 amide bonds. The molecule has 1 aromatic carbocycles. The van der Waals surface area contributed by atoms with E-state index in [4.69, 9.17) is 0 Å². The second-order valence-corrected chi connectivity index (χ2v) is 9.31. The average Bonchev–Trinajstić information content (AvgIpc) is 2.59. The first kappa shape index (κ1) is 23.5. The Kier molecular flexibility index (Phi) is 9.84. The molecule has 0 saturated carbocycles. The van der Waals surface area contributed by atoms with Gasteiger partial charge in [-0.15, -0.1) is 0 Å². The van der Waals surface area contributed by atoms with Gasteiger partial charge in [-0.05, 0) is 43.7 Å². The van der Waals surface area contributed by atoms with Crippen LogP contribution in [-0.4, -0.2) is 33.7 Å². The quantitative estimate of drug-likeness (QED) is 0.576. The van der Waals surface area contributed by atoms with Gasteiger partial charge in [0.05, 0.1) is 11.9 Å². The van der Waals surface area contributed by atoms with Gasteiger partial charge in [-0.25, -0.2) is 8.42 Å². The van der Waals surface area contributed by atoms with Crippen LogP contribution in [0.25, 0.3) is 0 Å². The third kappa shape index (κ3) is 7.91. The molecule has 0 aliphatic heterocycles. The third-order valence-electron chi connectivity index (χ3n) is 4.99. The smallest absolute Gasteiger partial charge is 0.232 e. The lowest BCUT2D eigenvalue weighted by Crippen LogP contribution is -2.34. The minimum Gasteiger partial charge on any atom is -0.356 e. The van der Waals surface area contributed by atoms with Crippen molar-refractivity contribution >= 4 is 21.6 Å². The van der Waals surface area contributed by atoms with Crippen LogP contribution in [-0.2, 0) is 14.8 Å². The number of sulfonamides is 1. The molecular formula is C21H36N2O3S. The van der Waals surface area contributed by atoms with Crippen LogP contribution in [0, 0.1) is 19.8 Å². The van der Waals surface area contributed by atoms with Gasteiger partial charge in [-0.1, -0.05) is 51.3 Å². The summed E-state index contributed by atoms with van der Waals surface area (Å²) in [6, 6.07) is 5.74. The Balaban J connectivity index is 2.62. The van der Waals surface area contributed by atoms with Crippen molar-refractivity contribution in [3.8, 4) is 0 Å². The summed E-state index contributed by atoms with van der Waals surface area (Å²) in [6.45, 7) is 9.17. The van der Waals surface area contributed by atoms with Crippen molar-refractivity contribution in [2.75, 3.05) is 23.7 Å². The number of nitrogens with zero attached hydrogens (tertiary/aromatic N) is 1. The van der Waals surface area contributed by atoms with Crippen molar-refractivity contribution in [3.63, 3.8) is 0 Å². The van der Waals surface area contributed by atoms with E-state index in [1.54, 1.807) is 0 Å². The third-order valence-corrected chi connectivity index (χ3v) is 6.15. The number of carbonyl (C=O) groups excluding carboxylic acids is 1. The van der Waals surface area contributed by atoms with Crippen molar-refractivity contribution in [2.24, 2.45) is 5.92 Å². The van der Waals surface area contributed by atoms with Gasteiger partial charge < -0.3 is 5.32 Å². The highest BCUT2D eigenvalue weighted by molar-refractivity contribution is 7.92. The van der Waals surface area contributed by atoms with Gasteiger partial charge in [-0.2, -0.15) is 0 Å². The Morgan fingerprint density at radius 2 is 1.78 bits per heavy atom. The number of benzene rings is 1. The first-order chi connectivity index (χ1) is 12.7. The summed E-state index contributed by atoms with van der Waals surface area (Å²) in [5.74, 6) is 0.524. The molecule has 0 aliphatic rings. The lowest BCUT2D eigenvalue weighted by atomic mass is 9.99. The van der Waals surface area contributed by atoms with E-state index in [1.165, 1.54) is 23.4 Å². The summed E-state index contributed by atoms with van der Waals surface area (Å²) >= 11 is 0. The zero-order chi connectivity index (χ0) is 20.4. The SMILES string of the molecule is CCCCC(CC)CNC(=O)CCCN(c1c(C)cccc1C)S(C)(=O)=O. The summed E-state index contributed by atoms with van der Waals surface area (Å²) in [7, 11) is -3.40. The molecule has 0 aliphatic carbocycles. The summed E-state index contributed by atoms with van der Waals surface area (Å²) in [5.41, 5.74) is 2.57. The molecule has 6 heteroatoms. The minimum atomic E-state index is -3.40. The van der Waals surface area contributed by atoms with E-state index >= 15 is 0 Å². The summed E-state index contributed by atoms with van der Waals surface area (Å²) in [4.78, 5) is 12.2. The van der Waals surface area contributed by atoms with Crippen LogP contribution in [0.2, 0.25) is 0 Å². The number of anilines is 1. The van der Waals surface area contributed by atoms with E-state index in [2.05, 4.69) is 19.2 Å². The molecule has 154 valence electrons. The predicted molar refractivity (Wildman–Crippen MR) is 114 cm³/mol. The molecule has 0 spiro atoms. The number of amides is 1. The van der Waals surface area contributed by atoms with Crippen LogP contribution in [0.15, 0.2) is 18.2 Å². The second-order valence-electron chi connectivity index (χ2n) is 7.40. The first-order valence-electron chi connectivity index (χ1n) is 10.0. The maximum Gasteiger partial charge on any atom is 0.232 e. The highest BCUT2D eigenvalue weighted by Crippen LogP contribution is 2.27. The summed E-state index contributed by atoms with van der Waals surface area (Å²) in [5, 5.41) is 3.01. The van der Waals surface area contributed by atoms with Gasteiger partial charge in [0.15, 0.2) is 0 Å². The molecule has 0 saturated heterocycles. The van der Waals surface area contributed by atoms with E-state index in [9.17, 15) is 13.2 Å². The van der Waals surface area contributed by atoms with Crippen LogP contribution < -0.4 is 9.62 Å². The molecule has 5 nitrogen and oxygen atoms in total. The second kappa shape index (κ2) is 11.3. The molecule has 1 N–H and O–H groups in total. The Morgan fingerprint density at radius 1 is 1.15 bits per heavy atom. The Morgan fingerprint density at radius 3 is 2.30 bits per heavy atom. The van der Waals surface area contributed by atoms with Gasteiger partial charge in [0.25, 0.3) is 0 Å². The molecule has 0 fully saturated rings. The maximum atomic E-state index is 12.3. The van der Waals surface area contributed by atoms with Crippen molar-refractivity contribution < 1.29 is 13.2 Å². The number of hydrogen-bond acceptors (Lipinski definition) is 3. The van der Waals surface area contributed by atoms with E-state index < -0.39 is 10.0 Å². The fraction of sp³-hybridized carbons (Fsp3) is 0.667. The number of aryl methyl sites for hydroxylation is 2. The maximum absolute atomic E-state index is 12.3.